The molecule has 1 atom stereocenters. The first kappa shape index (κ1) is 30.0. The number of benzene rings is 3. The summed E-state index contributed by atoms with van der Waals surface area (Å²) < 4.78 is 11.6. The molecule has 1 heterocycles. The average Bonchev–Trinajstić information content (AvgIpc) is 3.82. The van der Waals surface area contributed by atoms with Gasteiger partial charge in [0.05, 0.1) is 26.1 Å². The van der Waals surface area contributed by atoms with E-state index in [0.29, 0.717) is 63.3 Å². The lowest BCUT2D eigenvalue weighted by molar-refractivity contribution is -0.128. The van der Waals surface area contributed by atoms with Gasteiger partial charge in [-0.1, -0.05) is 76.7 Å². The van der Waals surface area contributed by atoms with Crippen molar-refractivity contribution in [3.8, 4) is 11.5 Å². The Labute approximate surface area is 260 Å². The Morgan fingerprint density at radius 1 is 0.902 bits per heavy atom. The molecule has 6 nitrogen and oxygen atoms in total. The monoisotopic (exact) mass is 633 g/mol. The van der Waals surface area contributed by atoms with Crippen LogP contribution in [-0.4, -0.2) is 49.2 Å². The van der Waals surface area contributed by atoms with E-state index in [1.807, 2.05) is 41.3 Å². The third-order valence-corrected chi connectivity index (χ3v) is 8.70. The van der Waals surface area contributed by atoms with Gasteiger partial charge in [-0.25, -0.2) is 0 Å². The number of amides is 1. The first-order valence-corrected chi connectivity index (χ1v) is 15.1. The highest BCUT2D eigenvalue weighted by atomic mass is 35.5. The Hall–Kier alpha value is -2.45. The standard InChI is InChI=1S/C31H31Cl4N3O3/c32-24-4-1-3-20(29(24)35)18-38(21-9-10-21)31(39)28-23(13-14-37-27(28)17-36)19-7-11-22(12-8-19)40-15-16-41-30-25(33)5-2-6-26(30)34/h1-8,11-12,21,27,37H,9-10,13-18,36H2. The second kappa shape index (κ2) is 13.7. The summed E-state index contributed by atoms with van der Waals surface area (Å²) in [6.45, 7) is 2.04. The molecule has 1 aliphatic carbocycles. The molecule has 0 radical (unpaired) electrons. The largest absolute Gasteiger partial charge is 0.490 e. The lowest BCUT2D eigenvalue weighted by Gasteiger charge is -2.33. The maximum atomic E-state index is 14.2. The molecule has 2 aliphatic rings. The van der Waals surface area contributed by atoms with Gasteiger partial charge in [0.15, 0.2) is 5.75 Å². The molecule has 0 aromatic heterocycles. The number of nitrogens with one attached hydrogen (secondary N) is 1. The van der Waals surface area contributed by atoms with Crippen LogP contribution in [-0.2, 0) is 11.3 Å². The first-order chi connectivity index (χ1) is 19.9. The maximum Gasteiger partial charge on any atom is 0.252 e. The van der Waals surface area contributed by atoms with Crippen LogP contribution in [0.25, 0.3) is 5.57 Å². The van der Waals surface area contributed by atoms with Crippen LogP contribution in [0.4, 0.5) is 0 Å². The predicted octanol–water partition coefficient (Wildman–Crippen LogP) is 7.02. The Kier molecular flexibility index (Phi) is 10.0. The number of hydrogen-bond donors (Lipinski definition) is 2. The third-order valence-electron chi connectivity index (χ3n) is 7.25. The summed E-state index contributed by atoms with van der Waals surface area (Å²) in [4.78, 5) is 16.1. The summed E-state index contributed by atoms with van der Waals surface area (Å²) in [7, 11) is 0. The van der Waals surface area contributed by atoms with Crippen LogP contribution < -0.4 is 20.5 Å². The Morgan fingerprint density at radius 3 is 2.24 bits per heavy atom. The van der Waals surface area contributed by atoms with E-state index in [-0.39, 0.29) is 24.6 Å². The number of nitrogens with zero attached hydrogens (tertiary/aromatic N) is 1. The number of hydrogen-bond acceptors (Lipinski definition) is 5. The minimum absolute atomic E-state index is 0.0168. The van der Waals surface area contributed by atoms with Crippen molar-refractivity contribution in [3.63, 3.8) is 0 Å². The second-order valence-electron chi connectivity index (χ2n) is 10.0. The van der Waals surface area contributed by atoms with E-state index < -0.39 is 0 Å². The van der Waals surface area contributed by atoms with Crippen molar-refractivity contribution in [2.75, 3.05) is 26.3 Å². The molecule has 0 bridgehead atoms. The van der Waals surface area contributed by atoms with Gasteiger partial charge in [0, 0.05) is 24.7 Å². The van der Waals surface area contributed by atoms with Gasteiger partial charge in [-0.2, -0.15) is 0 Å². The molecule has 3 N–H and O–H groups in total. The summed E-state index contributed by atoms with van der Waals surface area (Å²) in [6.07, 6.45) is 2.64. The second-order valence-corrected chi connectivity index (χ2v) is 11.6. The van der Waals surface area contributed by atoms with E-state index in [9.17, 15) is 4.79 Å². The molecule has 0 spiro atoms. The zero-order chi connectivity index (χ0) is 28.9. The van der Waals surface area contributed by atoms with Gasteiger partial charge in [-0.05, 0) is 72.8 Å². The summed E-state index contributed by atoms with van der Waals surface area (Å²) in [5, 5.41) is 5.30. The molecule has 3 aromatic carbocycles. The van der Waals surface area contributed by atoms with Gasteiger partial charge >= 0.3 is 0 Å². The molecule has 5 rings (SSSR count). The van der Waals surface area contributed by atoms with Gasteiger partial charge in [0.1, 0.15) is 19.0 Å². The van der Waals surface area contributed by atoms with Crippen molar-refractivity contribution in [1.29, 1.82) is 0 Å². The molecular formula is C31H31Cl4N3O3. The molecule has 0 saturated heterocycles. The molecule has 41 heavy (non-hydrogen) atoms. The number of nitrogens with two attached hydrogens (primary N) is 1. The topological polar surface area (TPSA) is 76.8 Å². The maximum absolute atomic E-state index is 14.2. The molecule has 3 aromatic rings. The average molecular weight is 635 g/mol. The van der Waals surface area contributed by atoms with Crippen LogP contribution in [0.2, 0.25) is 20.1 Å². The normalized spacial score (nSPS) is 17.0. The molecule has 216 valence electrons. The number of carbonyl (C=O) groups is 1. The summed E-state index contributed by atoms with van der Waals surface area (Å²) >= 11 is 25.1. The number of ether oxygens (including phenoxy) is 2. The number of halogens is 4. The molecule has 1 fully saturated rings. The van der Waals surface area contributed by atoms with E-state index in [4.69, 9.17) is 61.6 Å². The zero-order valence-electron chi connectivity index (χ0n) is 22.3. The lowest BCUT2D eigenvalue weighted by Crippen LogP contribution is -2.48. The quantitative estimate of drug-likeness (QED) is 0.222. The smallest absolute Gasteiger partial charge is 0.252 e. The van der Waals surface area contributed by atoms with Crippen molar-refractivity contribution in [1.82, 2.24) is 10.2 Å². The third kappa shape index (κ3) is 7.14. The van der Waals surface area contributed by atoms with Gasteiger partial charge in [-0.3, -0.25) is 4.79 Å². The fraction of sp³-hybridized carbons (Fsp3) is 0.323. The predicted molar refractivity (Wildman–Crippen MR) is 166 cm³/mol. The van der Waals surface area contributed by atoms with Crippen molar-refractivity contribution in [2.45, 2.75) is 37.9 Å². The Balaban J connectivity index is 1.32. The highest BCUT2D eigenvalue weighted by Crippen LogP contribution is 2.36. The molecule has 10 heteroatoms. The minimum Gasteiger partial charge on any atom is -0.490 e. The van der Waals surface area contributed by atoms with Crippen LogP contribution in [0.15, 0.2) is 66.2 Å². The van der Waals surface area contributed by atoms with Crippen LogP contribution in [0.1, 0.15) is 30.4 Å². The van der Waals surface area contributed by atoms with E-state index >= 15 is 0 Å². The van der Waals surface area contributed by atoms with E-state index in [2.05, 4.69) is 5.32 Å². The summed E-state index contributed by atoms with van der Waals surface area (Å²) in [6, 6.07) is 18.4. The van der Waals surface area contributed by atoms with Gasteiger partial charge in [0.25, 0.3) is 5.91 Å². The molecule has 1 amide bonds. The number of rotatable bonds is 11. The number of para-hydroxylation sites is 1. The van der Waals surface area contributed by atoms with Gasteiger partial charge in [0.2, 0.25) is 0 Å². The first-order valence-electron chi connectivity index (χ1n) is 13.6. The van der Waals surface area contributed by atoms with Crippen LogP contribution in [0.3, 0.4) is 0 Å². The van der Waals surface area contributed by atoms with Crippen LogP contribution in [0.5, 0.6) is 11.5 Å². The van der Waals surface area contributed by atoms with Gasteiger partial charge in [-0.15, -0.1) is 0 Å². The van der Waals surface area contributed by atoms with Crippen molar-refractivity contribution in [3.05, 3.63) is 97.5 Å². The number of carbonyl (C=O) groups excluding carboxylic acids is 1. The Bertz CT molecular complexity index is 1410. The molecular weight excluding hydrogens is 604 g/mol. The zero-order valence-corrected chi connectivity index (χ0v) is 25.4. The van der Waals surface area contributed by atoms with E-state index in [1.165, 1.54) is 0 Å². The van der Waals surface area contributed by atoms with Crippen LogP contribution >= 0.6 is 46.4 Å². The highest BCUT2D eigenvalue weighted by molar-refractivity contribution is 6.42. The summed E-state index contributed by atoms with van der Waals surface area (Å²) in [5.74, 6) is 1.12. The molecule has 1 saturated carbocycles. The highest BCUT2D eigenvalue weighted by Gasteiger charge is 2.38. The van der Waals surface area contributed by atoms with Crippen molar-refractivity contribution < 1.29 is 14.3 Å². The van der Waals surface area contributed by atoms with E-state index in [1.54, 1.807) is 24.3 Å². The lowest BCUT2D eigenvalue weighted by atomic mass is 9.88. The van der Waals surface area contributed by atoms with E-state index in [0.717, 1.165) is 36.1 Å². The molecule has 1 aliphatic heterocycles. The fourth-order valence-electron chi connectivity index (χ4n) is 5.04. The SMILES string of the molecule is NCC1NCCC(c2ccc(OCCOc3c(Cl)cccc3Cl)cc2)=C1C(=O)N(Cc1cccc(Cl)c1Cl)C1CC1. The fourth-order valence-corrected chi connectivity index (χ4v) is 5.92. The van der Waals surface area contributed by atoms with Crippen molar-refractivity contribution >= 4 is 57.9 Å². The van der Waals surface area contributed by atoms with Gasteiger partial charge < -0.3 is 25.4 Å². The van der Waals surface area contributed by atoms with Crippen LogP contribution in [0, 0.1) is 0 Å². The Morgan fingerprint density at radius 2 is 1.56 bits per heavy atom. The minimum atomic E-state index is -0.243. The van der Waals surface area contributed by atoms with Crippen molar-refractivity contribution in [2.24, 2.45) is 5.73 Å². The summed E-state index contributed by atoms with van der Waals surface area (Å²) in [5.41, 5.74) is 9.66. The molecule has 1 unspecified atom stereocenters.